The Morgan fingerprint density at radius 3 is 2.30 bits per heavy atom. The molecule has 1 aliphatic heterocycles. The summed E-state index contributed by atoms with van der Waals surface area (Å²) < 4.78 is 4.33. The number of methoxy groups -OCH3 is 1. The SMILES string of the molecule is CN.COCC(N)=O.NC1N=C(c2ccccc2)c2ccccc2NC1=O.[HH]. The molecule has 0 spiro atoms. The number of benzodiazepines with no additional fused rings is 1. The van der Waals surface area contributed by atoms with Gasteiger partial charge in [0.25, 0.3) is 5.91 Å². The van der Waals surface area contributed by atoms with Gasteiger partial charge in [0.2, 0.25) is 5.91 Å². The number of nitrogens with one attached hydrogen (secondary N) is 1. The van der Waals surface area contributed by atoms with Crippen molar-refractivity contribution in [3.63, 3.8) is 0 Å². The number of aliphatic imine (C=N–C) groups is 1. The smallest absolute Gasteiger partial charge is 0.263 e. The Bertz CT molecular complexity index is 784. The van der Waals surface area contributed by atoms with Crippen LogP contribution in [0.2, 0.25) is 0 Å². The van der Waals surface area contributed by atoms with Crippen LogP contribution in [0, 0.1) is 0 Å². The van der Waals surface area contributed by atoms with E-state index in [4.69, 9.17) is 5.73 Å². The van der Waals surface area contributed by atoms with Gasteiger partial charge in [-0.15, -0.1) is 0 Å². The lowest BCUT2D eigenvalue weighted by atomic mass is 10.0. The van der Waals surface area contributed by atoms with Gasteiger partial charge < -0.3 is 27.3 Å². The number of rotatable bonds is 3. The predicted molar refractivity (Wildman–Crippen MR) is 108 cm³/mol. The fourth-order valence-corrected chi connectivity index (χ4v) is 2.24. The van der Waals surface area contributed by atoms with Crippen molar-refractivity contribution in [1.29, 1.82) is 0 Å². The second kappa shape index (κ2) is 11.5. The van der Waals surface area contributed by atoms with E-state index in [9.17, 15) is 9.59 Å². The number of benzene rings is 2. The van der Waals surface area contributed by atoms with E-state index < -0.39 is 12.1 Å². The summed E-state index contributed by atoms with van der Waals surface area (Å²) in [4.78, 5) is 25.9. The van der Waals surface area contributed by atoms with Crippen molar-refractivity contribution in [2.45, 2.75) is 6.17 Å². The van der Waals surface area contributed by atoms with Gasteiger partial charge in [0.1, 0.15) is 6.61 Å². The Hall–Kier alpha value is -3.07. The van der Waals surface area contributed by atoms with Crippen molar-refractivity contribution in [1.82, 2.24) is 0 Å². The first-order chi connectivity index (χ1) is 13.0. The third-order valence-corrected chi connectivity index (χ3v) is 3.31. The van der Waals surface area contributed by atoms with Crippen LogP contribution in [0.3, 0.4) is 0 Å². The van der Waals surface area contributed by atoms with Gasteiger partial charge >= 0.3 is 0 Å². The summed E-state index contributed by atoms with van der Waals surface area (Å²) in [6.07, 6.45) is -0.886. The molecule has 2 aromatic carbocycles. The van der Waals surface area contributed by atoms with Crippen LogP contribution in [-0.2, 0) is 14.3 Å². The molecule has 1 heterocycles. The Kier molecular flexibility index (Phi) is 9.38. The van der Waals surface area contributed by atoms with Gasteiger partial charge in [-0.3, -0.25) is 14.6 Å². The molecule has 2 amide bonds. The van der Waals surface area contributed by atoms with Crippen molar-refractivity contribution >= 4 is 23.2 Å². The lowest BCUT2D eigenvalue weighted by Gasteiger charge is -2.09. The van der Waals surface area contributed by atoms with Gasteiger partial charge in [0, 0.05) is 19.7 Å². The van der Waals surface area contributed by atoms with Crippen molar-refractivity contribution < 1.29 is 15.8 Å². The molecule has 2 aromatic rings. The van der Waals surface area contributed by atoms with E-state index in [2.05, 4.69) is 26.5 Å². The summed E-state index contributed by atoms with van der Waals surface area (Å²) in [6, 6.07) is 17.3. The topological polar surface area (TPSA) is 146 Å². The van der Waals surface area contributed by atoms with Crippen molar-refractivity contribution in [3.05, 3.63) is 65.7 Å². The number of para-hydroxylation sites is 1. The molecule has 0 bridgehead atoms. The molecule has 0 saturated carbocycles. The molecule has 1 atom stereocenters. The molecule has 146 valence electrons. The molecule has 7 N–H and O–H groups in total. The first kappa shape index (κ1) is 22.0. The monoisotopic (exact) mass is 373 g/mol. The molecule has 8 heteroatoms. The summed E-state index contributed by atoms with van der Waals surface area (Å²) in [5.74, 6) is -0.726. The van der Waals surface area contributed by atoms with Gasteiger partial charge in [-0.25, -0.2) is 0 Å². The molecule has 0 saturated heterocycles. The normalized spacial score (nSPS) is 14.7. The molecule has 1 aliphatic rings. The minimum Gasteiger partial charge on any atom is -0.375 e. The van der Waals surface area contributed by atoms with Gasteiger partial charge in [-0.05, 0) is 13.1 Å². The van der Waals surface area contributed by atoms with E-state index in [1.54, 1.807) is 0 Å². The number of hydrogen-bond donors (Lipinski definition) is 4. The van der Waals surface area contributed by atoms with E-state index in [0.717, 1.165) is 22.5 Å². The van der Waals surface area contributed by atoms with Crippen LogP contribution in [-0.4, -0.2) is 44.5 Å². The number of anilines is 1. The zero-order valence-corrected chi connectivity index (χ0v) is 15.4. The fraction of sp³-hybridized carbons (Fsp3) is 0.211. The second-order valence-electron chi connectivity index (χ2n) is 5.22. The Morgan fingerprint density at radius 1 is 1.15 bits per heavy atom. The summed E-state index contributed by atoms with van der Waals surface area (Å²) in [5, 5.41) is 2.79. The molecular weight excluding hydrogens is 346 g/mol. The van der Waals surface area contributed by atoms with Crippen LogP contribution in [0.4, 0.5) is 5.69 Å². The third kappa shape index (κ3) is 6.63. The average molecular weight is 373 g/mol. The Labute approximate surface area is 159 Å². The number of amides is 2. The van der Waals surface area contributed by atoms with Crippen molar-refractivity contribution in [2.24, 2.45) is 22.2 Å². The zero-order valence-electron chi connectivity index (χ0n) is 15.4. The molecule has 27 heavy (non-hydrogen) atoms. The zero-order chi connectivity index (χ0) is 20.2. The number of primary amides is 1. The number of carbonyl (C=O) groups excluding carboxylic acids is 2. The Morgan fingerprint density at radius 2 is 1.74 bits per heavy atom. The minimum absolute atomic E-state index is 0. The summed E-state index contributed by atoms with van der Waals surface area (Å²) in [5.41, 5.74) is 18.2. The lowest BCUT2D eigenvalue weighted by molar-refractivity contribution is -0.121. The van der Waals surface area contributed by atoms with E-state index in [1.165, 1.54) is 14.2 Å². The molecule has 1 unspecified atom stereocenters. The van der Waals surface area contributed by atoms with Crippen LogP contribution in [0.5, 0.6) is 0 Å². The fourth-order valence-electron chi connectivity index (χ4n) is 2.24. The molecule has 0 aromatic heterocycles. The van der Waals surface area contributed by atoms with Crippen LogP contribution in [0.15, 0.2) is 59.6 Å². The number of hydrogen-bond acceptors (Lipinski definition) is 6. The highest BCUT2D eigenvalue weighted by atomic mass is 16.5. The van der Waals surface area contributed by atoms with Crippen molar-refractivity contribution in [2.75, 3.05) is 26.1 Å². The Balaban J connectivity index is 0.000000702. The molecule has 8 nitrogen and oxygen atoms in total. The van der Waals surface area contributed by atoms with Gasteiger partial charge in [-0.1, -0.05) is 48.5 Å². The number of fused-ring (bicyclic) bond motifs is 1. The van der Waals surface area contributed by atoms with E-state index in [1.807, 2.05) is 54.6 Å². The maximum absolute atomic E-state index is 11.8. The molecule has 3 rings (SSSR count). The third-order valence-electron chi connectivity index (χ3n) is 3.31. The van der Waals surface area contributed by atoms with Gasteiger partial charge in [-0.2, -0.15) is 0 Å². The van der Waals surface area contributed by atoms with E-state index in [0.29, 0.717) is 0 Å². The lowest BCUT2D eigenvalue weighted by Crippen LogP contribution is -2.33. The summed E-state index contributed by atoms with van der Waals surface area (Å²) in [7, 11) is 2.92. The maximum atomic E-state index is 11.8. The van der Waals surface area contributed by atoms with Crippen LogP contribution in [0.25, 0.3) is 0 Å². The highest BCUT2D eigenvalue weighted by Gasteiger charge is 2.22. The summed E-state index contributed by atoms with van der Waals surface area (Å²) >= 11 is 0. The first-order valence-corrected chi connectivity index (χ1v) is 8.17. The highest BCUT2D eigenvalue weighted by Crippen LogP contribution is 2.23. The largest absolute Gasteiger partial charge is 0.375 e. The number of carbonyl (C=O) groups is 2. The maximum Gasteiger partial charge on any atom is 0.263 e. The number of ether oxygens (including phenoxy) is 1. The molecule has 0 radical (unpaired) electrons. The molecular formula is C19H27N5O3. The number of nitrogens with zero attached hydrogens (tertiary/aromatic N) is 1. The van der Waals surface area contributed by atoms with E-state index in [-0.39, 0.29) is 13.9 Å². The van der Waals surface area contributed by atoms with Crippen LogP contribution >= 0.6 is 0 Å². The predicted octanol–water partition coefficient (Wildman–Crippen LogP) is 0.700. The summed E-state index contributed by atoms with van der Waals surface area (Å²) in [6.45, 7) is 0.0139. The average Bonchev–Trinajstić information content (AvgIpc) is 2.81. The standard InChI is InChI=1S/C15H13N3O.C3H7NO2.CH5N.H2/c16-14-15(19)17-12-9-5-4-8-11(12)13(18-14)10-6-2-1-3-7-10;1-6-2-3(4)5;1-2;/h1-9,14H,16H2,(H,17,19);2H2,1H3,(H2,4,5);2H2,1H3;1H. The molecule has 0 fully saturated rings. The first-order valence-electron chi connectivity index (χ1n) is 8.17. The van der Waals surface area contributed by atoms with Crippen LogP contribution in [0.1, 0.15) is 12.6 Å². The second-order valence-corrected chi connectivity index (χ2v) is 5.22. The number of nitrogens with two attached hydrogens (primary N) is 3. The quantitative estimate of drug-likeness (QED) is 0.625. The minimum atomic E-state index is -0.886. The van der Waals surface area contributed by atoms with Crippen LogP contribution < -0.4 is 22.5 Å². The van der Waals surface area contributed by atoms with E-state index >= 15 is 0 Å². The highest BCUT2D eigenvalue weighted by molar-refractivity contribution is 6.19. The van der Waals surface area contributed by atoms with Crippen molar-refractivity contribution in [3.8, 4) is 0 Å². The van der Waals surface area contributed by atoms with Gasteiger partial charge in [0.15, 0.2) is 6.17 Å². The van der Waals surface area contributed by atoms with Gasteiger partial charge in [0.05, 0.1) is 11.4 Å². The molecule has 0 aliphatic carbocycles.